The van der Waals surface area contributed by atoms with Crippen LogP contribution in [0.2, 0.25) is 0 Å². The third-order valence-electron chi connectivity index (χ3n) is 10.9. The SMILES string of the molecule is CC(/C=C/C(O)(C(F)(F)F)C(F)(F)F)C1CCC2C3C[C@H](O)[C@@H]4C[C@H](O)CCC4(C)C3CCC12C. The Hall–Kier alpha value is -0.800. The van der Waals surface area contributed by atoms with Gasteiger partial charge in [-0.1, -0.05) is 26.8 Å². The lowest BCUT2D eigenvalue weighted by Gasteiger charge is -2.62. The van der Waals surface area contributed by atoms with Crippen molar-refractivity contribution >= 4 is 0 Å². The van der Waals surface area contributed by atoms with Gasteiger partial charge < -0.3 is 15.3 Å². The molecule has 0 radical (unpaired) electrons. The summed E-state index contributed by atoms with van der Waals surface area (Å²) < 4.78 is 78.8. The highest BCUT2D eigenvalue weighted by molar-refractivity contribution is 5.15. The number of fused-ring (bicyclic) bond motifs is 5. The third kappa shape index (κ3) is 4.15. The van der Waals surface area contributed by atoms with Crippen molar-refractivity contribution in [2.75, 3.05) is 0 Å². The molecule has 9 heteroatoms. The summed E-state index contributed by atoms with van der Waals surface area (Å²) in [6, 6.07) is 0. The molecule has 4 fully saturated rings. The van der Waals surface area contributed by atoms with E-state index in [9.17, 15) is 41.7 Å². The first-order valence-corrected chi connectivity index (χ1v) is 12.9. The van der Waals surface area contributed by atoms with Crippen LogP contribution in [0.15, 0.2) is 12.2 Å². The summed E-state index contributed by atoms with van der Waals surface area (Å²) in [5.74, 6) is 0.268. The highest BCUT2D eigenvalue weighted by atomic mass is 19.4. The Bertz CT molecular complexity index is 811. The van der Waals surface area contributed by atoms with Crippen LogP contribution in [0.4, 0.5) is 26.3 Å². The standard InChI is InChI=1S/C26H38F6O3/c1-14(6-11-24(35,25(27,28)29)26(30,31)32)17-4-5-18-16-13-21(34)20-12-15(33)7-9-23(20,3)19(16)8-10-22(17,18)2/h6,11,14-21,33-35H,4-5,7-10,12-13H2,1-3H3/b11-6+/t14?,15-,16?,17?,18?,19?,20+,21+,22?,23?/m1/s1. The molecular weight excluding hydrogens is 474 g/mol. The number of aliphatic hydroxyl groups is 3. The van der Waals surface area contributed by atoms with E-state index in [2.05, 4.69) is 13.8 Å². The van der Waals surface area contributed by atoms with E-state index in [4.69, 9.17) is 0 Å². The molecule has 0 aliphatic heterocycles. The number of halogens is 6. The van der Waals surface area contributed by atoms with Gasteiger partial charge in [0.1, 0.15) is 0 Å². The van der Waals surface area contributed by atoms with Gasteiger partial charge in [-0.3, -0.25) is 0 Å². The van der Waals surface area contributed by atoms with Crippen LogP contribution in [0, 0.1) is 46.3 Å². The lowest BCUT2D eigenvalue weighted by Crippen LogP contribution is -2.58. The summed E-state index contributed by atoms with van der Waals surface area (Å²) in [7, 11) is 0. The van der Waals surface area contributed by atoms with E-state index >= 15 is 0 Å². The maximum atomic E-state index is 13.1. The zero-order valence-electron chi connectivity index (χ0n) is 20.5. The first-order valence-electron chi connectivity index (χ1n) is 12.9. The van der Waals surface area contributed by atoms with Gasteiger partial charge in [-0.15, -0.1) is 0 Å². The maximum Gasteiger partial charge on any atom is 0.429 e. The molecule has 0 spiro atoms. The molecule has 4 saturated carbocycles. The molecule has 0 aromatic rings. The monoisotopic (exact) mass is 512 g/mol. The summed E-state index contributed by atoms with van der Waals surface area (Å²) in [6.45, 7) is 5.99. The van der Waals surface area contributed by atoms with Gasteiger partial charge >= 0.3 is 12.4 Å². The van der Waals surface area contributed by atoms with E-state index in [1.54, 1.807) is 6.92 Å². The molecule has 3 N–H and O–H groups in total. The number of hydrogen-bond donors (Lipinski definition) is 3. The first kappa shape index (κ1) is 27.2. The second kappa shape index (κ2) is 8.62. The molecule has 0 amide bonds. The predicted molar refractivity (Wildman–Crippen MR) is 118 cm³/mol. The summed E-state index contributed by atoms with van der Waals surface area (Å²) >= 11 is 0. The Morgan fingerprint density at radius 2 is 1.37 bits per heavy atom. The fourth-order valence-electron chi connectivity index (χ4n) is 8.96. The van der Waals surface area contributed by atoms with Crippen LogP contribution < -0.4 is 0 Å². The predicted octanol–water partition coefficient (Wildman–Crippen LogP) is 6.03. The van der Waals surface area contributed by atoms with Crippen LogP contribution in [0.1, 0.15) is 72.1 Å². The van der Waals surface area contributed by atoms with Crippen LogP contribution in [0.3, 0.4) is 0 Å². The average molecular weight is 513 g/mol. The van der Waals surface area contributed by atoms with Gasteiger partial charge in [0.25, 0.3) is 5.60 Å². The summed E-state index contributed by atoms with van der Waals surface area (Å²) in [6.07, 6.45) is -5.73. The number of alkyl halides is 6. The molecule has 4 aliphatic rings. The molecule has 202 valence electrons. The largest absolute Gasteiger partial charge is 0.429 e. The highest BCUT2D eigenvalue weighted by Gasteiger charge is 2.69. The second-order valence-corrected chi connectivity index (χ2v) is 12.4. The lowest BCUT2D eigenvalue weighted by molar-refractivity contribution is -0.347. The Balaban J connectivity index is 1.56. The topological polar surface area (TPSA) is 60.7 Å². The Labute approximate surface area is 203 Å². The van der Waals surface area contributed by atoms with Gasteiger partial charge in [0, 0.05) is 0 Å². The maximum absolute atomic E-state index is 13.1. The van der Waals surface area contributed by atoms with E-state index in [0.717, 1.165) is 38.2 Å². The molecule has 7 unspecified atom stereocenters. The van der Waals surface area contributed by atoms with E-state index < -0.39 is 30.0 Å². The van der Waals surface area contributed by atoms with Crippen molar-refractivity contribution in [1.29, 1.82) is 0 Å². The molecule has 4 rings (SSSR count). The second-order valence-electron chi connectivity index (χ2n) is 12.4. The zero-order valence-corrected chi connectivity index (χ0v) is 20.5. The minimum atomic E-state index is -5.86. The van der Waals surface area contributed by atoms with Crippen molar-refractivity contribution in [3.8, 4) is 0 Å². The van der Waals surface area contributed by atoms with Crippen molar-refractivity contribution in [2.24, 2.45) is 46.3 Å². The molecule has 0 bridgehead atoms. The number of aliphatic hydroxyl groups excluding tert-OH is 2. The minimum absolute atomic E-state index is 0.0540. The molecule has 4 aliphatic carbocycles. The normalized spacial score (nSPS) is 45.7. The Morgan fingerprint density at radius 1 is 0.800 bits per heavy atom. The van der Waals surface area contributed by atoms with Gasteiger partial charge in [-0.05, 0) is 104 Å². The molecule has 3 nitrogen and oxygen atoms in total. The van der Waals surface area contributed by atoms with E-state index in [0.29, 0.717) is 25.2 Å². The number of allylic oxidation sites excluding steroid dienone is 1. The van der Waals surface area contributed by atoms with Gasteiger partial charge in [0.15, 0.2) is 0 Å². The molecule has 0 saturated heterocycles. The fraction of sp³-hybridized carbons (Fsp3) is 0.923. The Kier molecular flexibility index (Phi) is 6.71. The molecule has 0 aromatic heterocycles. The molecule has 0 heterocycles. The van der Waals surface area contributed by atoms with Crippen LogP contribution >= 0.6 is 0 Å². The molecule has 0 aromatic carbocycles. The molecule has 10 atom stereocenters. The zero-order chi connectivity index (χ0) is 26.2. The molecular formula is C26H38F6O3. The summed E-state index contributed by atoms with van der Waals surface area (Å²) in [4.78, 5) is 0. The van der Waals surface area contributed by atoms with E-state index in [-0.39, 0.29) is 46.7 Å². The van der Waals surface area contributed by atoms with Crippen molar-refractivity contribution in [3.63, 3.8) is 0 Å². The first-order chi connectivity index (χ1) is 16.0. The van der Waals surface area contributed by atoms with Gasteiger partial charge in [0.05, 0.1) is 12.2 Å². The van der Waals surface area contributed by atoms with Crippen LogP contribution in [0.5, 0.6) is 0 Å². The van der Waals surface area contributed by atoms with E-state index in [1.807, 2.05) is 0 Å². The Morgan fingerprint density at radius 3 is 1.97 bits per heavy atom. The van der Waals surface area contributed by atoms with Crippen molar-refractivity contribution in [3.05, 3.63) is 12.2 Å². The van der Waals surface area contributed by atoms with Crippen LogP contribution in [-0.4, -0.2) is 45.5 Å². The average Bonchev–Trinajstić information content (AvgIpc) is 3.09. The summed E-state index contributed by atoms with van der Waals surface area (Å²) in [5, 5.41) is 30.8. The van der Waals surface area contributed by atoms with Gasteiger partial charge in [-0.2, -0.15) is 26.3 Å². The minimum Gasteiger partial charge on any atom is -0.393 e. The lowest BCUT2D eigenvalue weighted by atomic mass is 9.44. The number of hydrogen-bond acceptors (Lipinski definition) is 3. The van der Waals surface area contributed by atoms with Crippen LogP contribution in [-0.2, 0) is 0 Å². The fourth-order valence-corrected chi connectivity index (χ4v) is 8.96. The smallest absolute Gasteiger partial charge is 0.393 e. The molecule has 35 heavy (non-hydrogen) atoms. The highest BCUT2D eigenvalue weighted by Crippen LogP contribution is 2.68. The summed E-state index contributed by atoms with van der Waals surface area (Å²) in [5.41, 5.74) is -5.19. The number of rotatable bonds is 3. The van der Waals surface area contributed by atoms with Gasteiger partial charge in [-0.25, -0.2) is 0 Å². The van der Waals surface area contributed by atoms with Crippen molar-refractivity contribution < 1.29 is 41.7 Å². The van der Waals surface area contributed by atoms with Crippen LogP contribution in [0.25, 0.3) is 0 Å². The van der Waals surface area contributed by atoms with Crippen molar-refractivity contribution in [1.82, 2.24) is 0 Å². The quantitative estimate of drug-likeness (QED) is 0.320. The third-order valence-corrected chi connectivity index (χ3v) is 10.9. The van der Waals surface area contributed by atoms with Gasteiger partial charge in [0.2, 0.25) is 0 Å². The van der Waals surface area contributed by atoms with E-state index in [1.165, 1.54) is 0 Å². The van der Waals surface area contributed by atoms with Crippen molar-refractivity contribution in [2.45, 2.75) is 102 Å².